The number of nitrogens with zero attached hydrogens (tertiary/aromatic N) is 4. The van der Waals surface area contributed by atoms with Gasteiger partial charge in [0.15, 0.2) is 0 Å². The van der Waals surface area contributed by atoms with Gasteiger partial charge in [-0.05, 0) is 37.3 Å². The molecule has 0 unspecified atom stereocenters. The van der Waals surface area contributed by atoms with Crippen LogP contribution in [0.15, 0.2) is 66.0 Å². The Balaban J connectivity index is 1.69. The zero-order valence-electron chi connectivity index (χ0n) is 21.8. The number of likely N-dealkylation sites (N-methyl/N-ethyl adjacent to an activating group) is 1. The van der Waals surface area contributed by atoms with Crippen LogP contribution in [-0.2, 0) is 10.0 Å². The SMILES string of the molecule is C[C@@H]1CN([C@H](C)CO)C(=O)c2cc(C#Cc3ccncc3)cnc2O[C@@H]1CN(C)S(=O)(=O)c1ccccc1F. The summed E-state index contributed by atoms with van der Waals surface area (Å²) in [6.07, 6.45) is 3.99. The van der Waals surface area contributed by atoms with Crippen molar-refractivity contribution >= 4 is 15.9 Å². The Hall–Kier alpha value is -3.85. The van der Waals surface area contributed by atoms with Gasteiger partial charge in [-0.15, -0.1) is 0 Å². The fourth-order valence-electron chi connectivity index (χ4n) is 4.14. The molecule has 3 heterocycles. The number of benzene rings is 1. The summed E-state index contributed by atoms with van der Waals surface area (Å²) in [7, 11) is -2.81. The molecule has 0 bridgehead atoms. The molecule has 1 aliphatic heterocycles. The second-order valence-corrected chi connectivity index (χ2v) is 11.4. The topological polar surface area (TPSA) is 113 Å². The van der Waals surface area contributed by atoms with Crippen LogP contribution in [0.25, 0.3) is 0 Å². The monoisotopic (exact) mass is 552 g/mol. The Morgan fingerprint density at radius 2 is 1.90 bits per heavy atom. The van der Waals surface area contributed by atoms with Gasteiger partial charge in [-0.25, -0.2) is 17.8 Å². The molecule has 3 aromatic rings. The van der Waals surface area contributed by atoms with E-state index in [2.05, 4.69) is 21.8 Å². The molecule has 0 saturated heterocycles. The summed E-state index contributed by atoms with van der Waals surface area (Å²) in [6, 6.07) is 9.73. The molecule has 0 fully saturated rings. The number of ether oxygens (including phenoxy) is 1. The molecule has 0 saturated carbocycles. The van der Waals surface area contributed by atoms with E-state index in [1.54, 1.807) is 37.5 Å². The second-order valence-electron chi connectivity index (χ2n) is 9.40. The molecule has 1 amide bonds. The van der Waals surface area contributed by atoms with Crippen molar-refractivity contribution in [1.82, 2.24) is 19.2 Å². The van der Waals surface area contributed by atoms with Crippen LogP contribution in [0.3, 0.4) is 0 Å². The van der Waals surface area contributed by atoms with E-state index in [1.165, 1.54) is 36.3 Å². The highest BCUT2D eigenvalue weighted by Gasteiger charge is 2.36. The molecule has 3 atom stereocenters. The summed E-state index contributed by atoms with van der Waals surface area (Å²) >= 11 is 0. The molecule has 2 aromatic heterocycles. The third-order valence-corrected chi connectivity index (χ3v) is 8.37. The highest BCUT2D eigenvalue weighted by Crippen LogP contribution is 2.28. The van der Waals surface area contributed by atoms with E-state index in [0.717, 1.165) is 15.9 Å². The first-order valence-electron chi connectivity index (χ1n) is 12.3. The van der Waals surface area contributed by atoms with Gasteiger partial charge < -0.3 is 14.7 Å². The first-order chi connectivity index (χ1) is 18.6. The van der Waals surface area contributed by atoms with Crippen molar-refractivity contribution in [3.63, 3.8) is 0 Å². The largest absolute Gasteiger partial charge is 0.472 e. The molecule has 0 aliphatic carbocycles. The van der Waals surface area contributed by atoms with Gasteiger partial charge in [-0.3, -0.25) is 9.78 Å². The van der Waals surface area contributed by atoms with Crippen molar-refractivity contribution in [2.24, 2.45) is 5.92 Å². The van der Waals surface area contributed by atoms with E-state index in [4.69, 9.17) is 4.74 Å². The number of fused-ring (bicyclic) bond motifs is 1. The van der Waals surface area contributed by atoms with Crippen LogP contribution in [0.5, 0.6) is 5.88 Å². The number of amides is 1. The molecular formula is C28H29FN4O5S. The van der Waals surface area contributed by atoms with Crippen molar-refractivity contribution in [3.05, 3.63) is 83.6 Å². The summed E-state index contributed by atoms with van der Waals surface area (Å²) in [5.41, 5.74) is 1.36. The van der Waals surface area contributed by atoms with Crippen LogP contribution in [0, 0.1) is 23.6 Å². The predicted molar refractivity (Wildman–Crippen MR) is 142 cm³/mol. The van der Waals surface area contributed by atoms with Gasteiger partial charge in [-0.1, -0.05) is 30.9 Å². The number of aliphatic hydroxyl groups is 1. The van der Waals surface area contributed by atoms with Crippen LogP contribution in [0.4, 0.5) is 4.39 Å². The lowest BCUT2D eigenvalue weighted by atomic mass is 10.0. The van der Waals surface area contributed by atoms with E-state index >= 15 is 0 Å². The highest BCUT2D eigenvalue weighted by atomic mass is 32.2. The van der Waals surface area contributed by atoms with Crippen LogP contribution >= 0.6 is 0 Å². The molecule has 1 N–H and O–H groups in total. The minimum absolute atomic E-state index is 0.0258. The van der Waals surface area contributed by atoms with Crippen molar-refractivity contribution in [2.75, 3.05) is 26.7 Å². The van der Waals surface area contributed by atoms with E-state index in [1.807, 2.05) is 6.92 Å². The average molecular weight is 553 g/mol. The average Bonchev–Trinajstić information content (AvgIpc) is 2.94. The van der Waals surface area contributed by atoms with Gasteiger partial charge in [0.25, 0.3) is 5.91 Å². The molecule has 0 radical (unpaired) electrons. The molecular weight excluding hydrogens is 523 g/mol. The third kappa shape index (κ3) is 6.25. The number of halogens is 1. The van der Waals surface area contributed by atoms with Gasteiger partial charge in [-0.2, -0.15) is 4.31 Å². The smallest absolute Gasteiger partial charge is 0.259 e. The van der Waals surface area contributed by atoms with Crippen molar-refractivity contribution < 1.29 is 27.4 Å². The third-order valence-electron chi connectivity index (χ3n) is 6.51. The van der Waals surface area contributed by atoms with Gasteiger partial charge in [0.2, 0.25) is 15.9 Å². The lowest BCUT2D eigenvalue weighted by molar-refractivity contribution is 0.0373. The minimum atomic E-state index is -4.16. The standard InChI is InChI=1S/C28H29FN4O5S/c1-19-16-33(20(2)18-34)28(35)23-14-22(9-8-21-10-12-30-13-11-21)15-31-27(23)38-25(19)17-32(3)39(36,37)26-7-5-4-6-24(26)29/h4-7,10-15,19-20,25,34H,16-18H2,1-3H3/t19-,20-,25-/m1/s1. The molecule has 1 aromatic carbocycles. The first-order valence-corrected chi connectivity index (χ1v) is 13.8. The van der Waals surface area contributed by atoms with Crippen LogP contribution in [0.1, 0.15) is 35.3 Å². The Labute approximate surface area is 227 Å². The lowest BCUT2D eigenvalue weighted by Crippen LogP contribution is -2.50. The zero-order chi connectivity index (χ0) is 28.2. The number of hydrogen-bond donors (Lipinski definition) is 1. The summed E-state index contributed by atoms with van der Waals surface area (Å²) < 4.78 is 47.8. The van der Waals surface area contributed by atoms with Crippen LogP contribution < -0.4 is 4.74 Å². The van der Waals surface area contributed by atoms with Gasteiger partial charge in [0.05, 0.1) is 19.2 Å². The Bertz CT molecular complexity index is 1510. The number of carbonyl (C=O) groups is 1. The number of aliphatic hydroxyl groups excluding tert-OH is 1. The molecule has 9 nitrogen and oxygen atoms in total. The van der Waals surface area contributed by atoms with E-state index in [0.29, 0.717) is 5.56 Å². The Kier molecular flexibility index (Phi) is 8.60. The normalized spacial score (nSPS) is 18.3. The van der Waals surface area contributed by atoms with E-state index < -0.39 is 32.9 Å². The quantitative estimate of drug-likeness (QED) is 0.468. The first kappa shape index (κ1) is 28.2. The number of rotatable bonds is 6. The van der Waals surface area contributed by atoms with Gasteiger partial charge >= 0.3 is 0 Å². The molecule has 1 aliphatic rings. The number of carbonyl (C=O) groups excluding carboxylic acids is 1. The molecule has 4 rings (SSSR count). The molecule has 0 spiro atoms. The zero-order valence-corrected chi connectivity index (χ0v) is 22.6. The molecule has 11 heteroatoms. The maximum absolute atomic E-state index is 14.3. The lowest BCUT2D eigenvalue weighted by Gasteiger charge is -2.37. The van der Waals surface area contributed by atoms with Crippen molar-refractivity contribution in [1.29, 1.82) is 0 Å². The summed E-state index contributed by atoms with van der Waals surface area (Å²) in [5, 5.41) is 9.84. The highest BCUT2D eigenvalue weighted by molar-refractivity contribution is 7.89. The maximum Gasteiger partial charge on any atom is 0.259 e. The summed E-state index contributed by atoms with van der Waals surface area (Å²) in [4.78, 5) is 23.0. The fraction of sp³-hybridized carbons (Fsp3) is 0.321. The van der Waals surface area contributed by atoms with Crippen LogP contribution in [0.2, 0.25) is 0 Å². The number of aromatic nitrogens is 2. The van der Waals surface area contributed by atoms with E-state index in [9.17, 15) is 22.7 Å². The Morgan fingerprint density at radius 3 is 2.59 bits per heavy atom. The summed E-state index contributed by atoms with van der Waals surface area (Å²) in [6.45, 7) is 3.33. The molecule has 39 heavy (non-hydrogen) atoms. The Morgan fingerprint density at radius 1 is 1.21 bits per heavy atom. The molecule has 204 valence electrons. The van der Waals surface area contributed by atoms with Gasteiger partial charge in [0, 0.05) is 49.2 Å². The number of hydrogen-bond acceptors (Lipinski definition) is 7. The number of pyridine rings is 2. The second kappa shape index (κ2) is 11.9. The predicted octanol–water partition coefficient (Wildman–Crippen LogP) is 2.56. The van der Waals surface area contributed by atoms with Gasteiger partial charge in [0.1, 0.15) is 22.4 Å². The van der Waals surface area contributed by atoms with E-state index in [-0.39, 0.29) is 43.0 Å². The van der Waals surface area contributed by atoms with Crippen LogP contribution in [-0.4, -0.2) is 77.5 Å². The van der Waals surface area contributed by atoms with Crippen molar-refractivity contribution in [3.8, 4) is 17.7 Å². The number of sulfonamides is 1. The maximum atomic E-state index is 14.3. The van der Waals surface area contributed by atoms with Crippen molar-refractivity contribution in [2.45, 2.75) is 30.9 Å². The minimum Gasteiger partial charge on any atom is -0.472 e. The fourth-order valence-corrected chi connectivity index (χ4v) is 5.39. The summed E-state index contributed by atoms with van der Waals surface area (Å²) in [5.74, 6) is 4.41.